The van der Waals surface area contributed by atoms with Gasteiger partial charge in [0.1, 0.15) is 0 Å². The van der Waals surface area contributed by atoms with Gasteiger partial charge in [0.15, 0.2) is 0 Å². The van der Waals surface area contributed by atoms with Crippen molar-refractivity contribution in [3.05, 3.63) is 29.3 Å². The second-order valence-corrected chi connectivity index (χ2v) is 5.13. The number of carboxylic acids is 1. The third-order valence-corrected chi connectivity index (χ3v) is 3.51. The van der Waals surface area contributed by atoms with Crippen LogP contribution in [0, 0.1) is 12.8 Å². The largest absolute Gasteiger partial charge is 0.478 e. The highest BCUT2D eigenvalue weighted by molar-refractivity contribution is 6.00. The quantitative estimate of drug-likeness (QED) is 0.773. The normalized spacial score (nSPS) is 13.4. The topological polar surface area (TPSA) is 78.4 Å². The molecule has 5 heteroatoms. The number of carboxylic acid groups (broad SMARTS) is 1. The lowest BCUT2D eigenvalue weighted by molar-refractivity contribution is 0.0698. The molecule has 0 aromatic heterocycles. The summed E-state index contributed by atoms with van der Waals surface area (Å²) < 4.78 is 0. The molecule has 2 amide bonds. The molecule has 3 N–H and O–H groups in total. The van der Waals surface area contributed by atoms with Crippen LogP contribution in [-0.2, 0) is 0 Å². The number of rotatable bonds is 5. The molecule has 0 saturated carbocycles. The molecule has 0 aliphatic rings. The Morgan fingerprint density at radius 3 is 2.50 bits per heavy atom. The summed E-state index contributed by atoms with van der Waals surface area (Å²) in [5, 5.41) is 14.6. The zero-order valence-electron chi connectivity index (χ0n) is 12.4. The van der Waals surface area contributed by atoms with E-state index in [0.29, 0.717) is 11.6 Å². The summed E-state index contributed by atoms with van der Waals surface area (Å²) in [7, 11) is 0. The first kappa shape index (κ1) is 16.0. The van der Waals surface area contributed by atoms with Crippen LogP contribution in [0.3, 0.4) is 0 Å². The molecule has 0 radical (unpaired) electrons. The SMILES string of the molecule is CCC(C)C(C)NC(=O)Nc1ccc(C)cc1C(=O)O. The van der Waals surface area contributed by atoms with Crippen molar-refractivity contribution in [2.24, 2.45) is 5.92 Å². The van der Waals surface area contributed by atoms with E-state index in [2.05, 4.69) is 24.5 Å². The second-order valence-electron chi connectivity index (χ2n) is 5.13. The van der Waals surface area contributed by atoms with Crippen molar-refractivity contribution in [1.29, 1.82) is 0 Å². The molecular weight excluding hydrogens is 256 g/mol. The lowest BCUT2D eigenvalue weighted by Crippen LogP contribution is -2.39. The molecule has 1 aromatic carbocycles. The number of carbonyl (C=O) groups is 2. The third-order valence-electron chi connectivity index (χ3n) is 3.51. The van der Waals surface area contributed by atoms with Gasteiger partial charge in [0.05, 0.1) is 11.3 Å². The van der Waals surface area contributed by atoms with Gasteiger partial charge in [-0.2, -0.15) is 0 Å². The first-order valence-corrected chi connectivity index (χ1v) is 6.76. The number of nitrogens with one attached hydrogen (secondary N) is 2. The van der Waals surface area contributed by atoms with Gasteiger partial charge in [-0.15, -0.1) is 0 Å². The smallest absolute Gasteiger partial charge is 0.337 e. The number of urea groups is 1. The van der Waals surface area contributed by atoms with Crippen molar-refractivity contribution >= 4 is 17.7 Å². The number of hydrogen-bond donors (Lipinski definition) is 3. The van der Waals surface area contributed by atoms with E-state index in [-0.39, 0.29) is 17.6 Å². The van der Waals surface area contributed by atoms with E-state index in [9.17, 15) is 9.59 Å². The summed E-state index contributed by atoms with van der Waals surface area (Å²) in [6, 6.07) is 4.55. The van der Waals surface area contributed by atoms with Crippen LogP contribution < -0.4 is 10.6 Å². The predicted octanol–water partition coefficient (Wildman–Crippen LogP) is 3.25. The lowest BCUT2D eigenvalue weighted by atomic mass is 10.0. The number of aryl methyl sites for hydroxylation is 1. The monoisotopic (exact) mass is 278 g/mol. The summed E-state index contributed by atoms with van der Waals surface area (Å²) >= 11 is 0. The molecule has 110 valence electrons. The third kappa shape index (κ3) is 4.26. The Labute approximate surface area is 119 Å². The maximum absolute atomic E-state index is 11.9. The van der Waals surface area contributed by atoms with Crippen molar-refractivity contribution in [3.63, 3.8) is 0 Å². The first-order chi connectivity index (χ1) is 9.35. The van der Waals surface area contributed by atoms with Crippen molar-refractivity contribution in [1.82, 2.24) is 5.32 Å². The highest BCUT2D eigenvalue weighted by Gasteiger charge is 2.16. The molecule has 0 saturated heterocycles. The Bertz CT molecular complexity index is 500. The van der Waals surface area contributed by atoms with E-state index < -0.39 is 5.97 Å². The Morgan fingerprint density at radius 1 is 1.30 bits per heavy atom. The van der Waals surface area contributed by atoms with Crippen molar-refractivity contribution < 1.29 is 14.7 Å². The first-order valence-electron chi connectivity index (χ1n) is 6.76. The molecule has 2 atom stereocenters. The van der Waals surface area contributed by atoms with Crippen LogP contribution in [-0.4, -0.2) is 23.1 Å². The van der Waals surface area contributed by atoms with Gasteiger partial charge in [-0.3, -0.25) is 0 Å². The van der Waals surface area contributed by atoms with Crippen LogP contribution in [0.1, 0.15) is 43.1 Å². The summed E-state index contributed by atoms with van der Waals surface area (Å²) in [5.41, 5.74) is 1.23. The second kappa shape index (κ2) is 6.93. The van der Waals surface area contributed by atoms with Gasteiger partial charge in [0.2, 0.25) is 0 Å². The van der Waals surface area contributed by atoms with Gasteiger partial charge in [0.25, 0.3) is 0 Å². The fraction of sp³-hybridized carbons (Fsp3) is 0.467. The van der Waals surface area contributed by atoms with Gasteiger partial charge in [-0.1, -0.05) is 31.9 Å². The van der Waals surface area contributed by atoms with Crippen LogP contribution in [0.4, 0.5) is 10.5 Å². The van der Waals surface area contributed by atoms with Crippen molar-refractivity contribution in [2.45, 2.75) is 40.2 Å². The average Bonchev–Trinajstić information content (AvgIpc) is 2.39. The Morgan fingerprint density at radius 2 is 1.95 bits per heavy atom. The van der Waals surface area contributed by atoms with Crippen molar-refractivity contribution in [3.8, 4) is 0 Å². The van der Waals surface area contributed by atoms with Crippen LogP contribution >= 0.6 is 0 Å². The maximum Gasteiger partial charge on any atom is 0.337 e. The minimum atomic E-state index is -1.06. The molecule has 20 heavy (non-hydrogen) atoms. The van der Waals surface area contributed by atoms with Crippen LogP contribution in [0.2, 0.25) is 0 Å². The fourth-order valence-electron chi connectivity index (χ4n) is 1.81. The highest BCUT2D eigenvalue weighted by atomic mass is 16.4. The molecule has 0 aliphatic carbocycles. The molecule has 0 aliphatic heterocycles. The number of amides is 2. The molecule has 0 fully saturated rings. The maximum atomic E-state index is 11.9. The number of anilines is 1. The number of carbonyl (C=O) groups excluding carboxylic acids is 1. The van der Waals surface area contributed by atoms with Gasteiger partial charge >= 0.3 is 12.0 Å². The van der Waals surface area contributed by atoms with E-state index in [0.717, 1.165) is 12.0 Å². The molecular formula is C15H22N2O3. The van der Waals surface area contributed by atoms with Gasteiger partial charge in [-0.25, -0.2) is 9.59 Å². The molecule has 0 spiro atoms. The number of aromatic carboxylic acids is 1. The van der Waals surface area contributed by atoms with Crippen molar-refractivity contribution in [2.75, 3.05) is 5.32 Å². The van der Waals surface area contributed by atoms with E-state index in [1.807, 2.05) is 6.92 Å². The summed E-state index contributed by atoms with van der Waals surface area (Å²) in [5.74, 6) is -0.698. The minimum Gasteiger partial charge on any atom is -0.478 e. The lowest BCUT2D eigenvalue weighted by Gasteiger charge is -2.20. The standard InChI is InChI=1S/C15H22N2O3/c1-5-10(3)11(4)16-15(20)17-13-7-6-9(2)8-12(13)14(18)19/h6-8,10-11H,5H2,1-4H3,(H,18,19)(H2,16,17,20). The van der Waals surface area contributed by atoms with Crippen LogP contribution in [0.25, 0.3) is 0 Å². The summed E-state index contributed by atoms with van der Waals surface area (Å²) in [4.78, 5) is 23.0. The summed E-state index contributed by atoms with van der Waals surface area (Å²) in [6.45, 7) is 7.85. The van der Waals surface area contributed by atoms with Gasteiger partial charge in [-0.05, 0) is 31.9 Å². The molecule has 2 unspecified atom stereocenters. The number of benzene rings is 1. The minimum absolute atomic E-state index is 0.0266. The Kier molecular flexibility index (Phi) is 5.55. The molecule has 1 rings (SSSR count). The molecule has 0 bridgehead atoms. The Balaban J connectivity index is 2.78. The zero-order chi connectivity index (χ0) is 15.3. The average molecular weight is 278 g/mol. The Hall–Kier alpha value is -2.04. The summed E-state index contributed by atoms with van der Waals surface area (Å²) in [6.07, 6.45) is 0.965. The predicted molar refractivity (Wildman–Crippen MR) is 79.2 cm³/mol. The number of hydrogen-bond acceptors (Lipinski definition) is 2. The van der Waals surface area contributed by atoms with E-state index in [1.54, 1.807) is 19.1 Å². The van der Waals surface area contributed by atoms with E-state index >= 15 is 0 Å². The van der Waals surface area contributed by atoms with E-state index in [4.69, 9.17) is 5.11 Å². The molecule has 0 heterocycles. The zero-order valence-corrected chi connectivity index (χ0v) is 12.4. The molecule has 5 nitrogen and oxygen atoms in total. The van der Waals surface area contributed by atoms with Gasteiger partial charge < -0.3 is 15.7 Å². The van der Waals surface area contributed by atoms with Crippen LogP contribution in [0.5, 0.6) is 0 Å². The molecule has 1 aromatic rings. The van der Waals surface area contributed by atoms with Crippen LogP contribution in [0.15, 0.2) is 18.2 Å². The fourth-order valence-corrected chi connectivity index (χ4v) is 1.81. The van der Waals surface area contributed by atoms with Gasteiger partial charge in [0, 0.05) is 6.04 Å². The van der Waals surface area contributed by atoms with E-state index in [1.165, 1.54) is 6.07 Å². The highest BCUT2D eigenvalue weighted by Crippen LogP contribution is 2.17.